The van der Waals surface area contributed by atoms with Crippen LogP contribution in [-0.4, -0.2) is 31.8 Å². The van der Waals surface area contributed by atoms with E-state index in [1.165, 1.54) is 0 Å². The molecule has 0 radical (unpaired) electrons. The number of rotatable bonds is 4. The van der Waals surface area contributed by atoms with Crippen LogP contribution >= 0.6 is 11.6 Å². The molecule has 0 saturated carbocycles. The first-order chi connectivity index (χ1) is 11.6. The van der Waals surface area contributed by atoms with Crippen LogP contribution in [0.4, 0.5) is 0 Å². The SMILES string of the molecule is COc1cccc(CN2Cc3cc(Cl)ccc3OC(C)C2)c1OC. The molecule has 1 heterocycles. The molecule has 0 N–H and O–H groups in total. The molecule has 0 bridgehead atoms. The van der Waals surface area contributed by atoms with Gasteiger partial charge in [0.05, 0.1) is 14.2 Å². The van der Waals surface area contributed by atoms with E-state index < -0.39 is 0 Å². The molecule has 0 amide bonds. The van der Waals surface area contributed by atoms with Crippen molar-refractivity contribution in [1.82, 2.24) is 4.90 Å². The van der Waals surface area contributed by atoms with E-state index >= 15 is 0 Å². The largest absolute Gasteiger partial charge is 0.493 e. The average Bonchev–Trinajstić information content (AvgIpc) is 2.71. The first kappa shape index (κ1) is 16.9. The number of halogens is 1. The minimum absolute atomic E-state index is 0.101. The molecular formula is C19H22ClNO3. The molecule has 2 aromatic carbocycles. The third kappa shape index (κ3) is 3.60. The molecule has 2 aromatic rings. The van der Waals surface area contributed by atoms with Gasteiger partial charge in [-0.1, -0.05) is 23.7 Å². The maximum Gasteiger partial charge on any atom is 0.165 e. The quantitative estimate of drug-likeness (QED) is 0.831. The second-order valence-corrected chi connectivity index (χ2v) is 6.44. The average molecular weight is 348 g/mol. The Labute approximate surface area is 147 Å². The molecule has 1 aliphatic rings. The summed E-state index contributed by atoms with van der Waals surface area (Å²) in [6.07, 6.45) is 0.101. The van der Waals surface area contributed by atoms with Gasteiger partial charge in [0.15, 0.2) is 11.5 Å². The molecule has 1 aliphatic heterocycles. The second kappa shape index (κ2) is 7.32. The lowest BCUT2D eigenvalue weighted by Gasteiger charge is -2.23. The van der Waals surface area contributed by atoms with E-state index in [-0.39, 0.29) is 6.10 Å². The Kier molecular flexibility index (Phi) is 5.17. The molecule has 24 heavy (non-hydrogen) atoms. The van der Waals surface area contributed by atoms with E-state index in [1.807, 2.05) is 30.3 Å². The van der Waals surface area contributed by atoms with Crippen molar-refractivity contribution in [3.05, 3.63) is 52.5 Å². The van der Waals surface area contributed by atoms with Crippen LogP contribution in [0.5, 0.6) is 17.2 Å². The molecule has 1 atom stereocenters. The van der Waals surface area contributed by atoms with E-state index in [1.54, 1.807) is 14.2 Å². The number of benzene rings is 2. The summed E-state index contributed by atoms with van der Waals surface area (Å²) in [5.41, 5.74) is 2.20. The Bertz CT molecular complexity index is 720. The summed E-state index contributed by atoms with van der Waals surface area (Å²) in [7, 11) is 3.33. The van der Waals surface area contributed by atoms with Crippen LogP contribution in [0.2, 0.25) is 5.02 Å². The minimum atomic E-state index is 0.101. The van der Waals surface area contributed by atoms with Crippen LogP contribution < -0.4 is 14.2 Å². The molecule has 1 unspecified atom stereocenters. The number of nitrogens with zero attached hydrogens (tertiary/aromatic N) is 1. The molecule has 0 aliphatic carbocycles. The third-order valence-electron chi connectivity index (χ3n) is 4.14. The minimum Gasteiger partial charge on any atom is -0.493 e. The summed E-state index contributed by atoms with van der Waals surface area (Å²) in [6.45, 7) is 4.44. The summed E-state index contributed by atoms with van der Waals surface area (Å²) in [6, 6.07) is 11.8. The van der Waals surface area contributed by atoms with Crippen molar-refractivity contribution in [2.75, 3.05) is 20.8 Å². The van der Waals surface area contributed by atoms with Crippen LogP contribution in [0, 0.1) is 0 Å². The summed E-state index contributed by atoms with van der Waals surface area (Å²) in [5.74, 6) is 2.44. The summed E-state index contributed by atoms with van der Waals surface area (Å²) < 4.78 is 17.0. The zero-order chi connectivity index (χ0) is 17.1. The highest BCUT2D eigenvalue weighted by molar-refractivity contribution is 6.30. The lowest BCUT2D eigenvalue weighted by molar-refractivity contribution is 0.155. The standard InChI is InChI=1S/C19H22ClNO3/c1-13-10-21(12-15-9-16(20)7-8-17(15)24-13)11-14-5-4-6-18(22-2)19(14)23-3/h4-9,13H,10-12H2,1-3H3. The fraction of sp³-hybridized carbons (Fsp3) is 0.368. The van der Waals surface area contributed by atoms with Crippen molar-refractivity contribution in [2.45, 2.75) is 26.1 Å². The molecule has 5 heteroatoms. The van der Waals surface area contributed by atoms with Gasteiger partial charge in [0.25, 0.3) is 0 Å². The van der Waals surface area contributed by atoms with Crippen LogP contribution in [0.3, 0.4) is 0 Å². The van der Waals surface area contributed by atoms with Gasteiger partial charge < -0.3 is 14.2 Å². The number of hydrogen-bond acceptors (Lipinski definition) is 4. The van der Waals surface area contributed by atoms with Gasteiger partial charge in [-0.3, -0.25) is 4.90 Å². The molecule has 0 aromatic heterocycles. The fourth-order valence-electron chi connectivity index (χ4n) is 3.15. The van der Waals surface area contributed by atoms with E-state index in [0.717, 1.165) is 53.0 Å². The predicted octanol–water partition coefficient (Wildman–Crippen LogP) is 4.14. The van der Waals surface area contributed by atoms with Gasteiger partial charge in [-0.05, 0) is 31.2 Å². The van der Waals surface area contributed by atoms with Crippen LogP contribution in [0.15, 0.2) is 36.4 Å². The smallest absolute Gasteiger partial charge is 0.165 e. The van der Waals surface area contributed by atoms with E-state index in [4.69, 9.17) is 25.8 Å². The van der Waals surface area contributed by atoms with Crippen molar-refractivity contribution in [3.8, 4) is 17.2 Å². The normalized spacial score (nSPS) is 17.6. The van der Waals surface area contributed by atoms with E-state index in [0.29, 0.717) is 0 Å². The van der Waals surface area contributed by atoms with Gasteiger partial charge in [0, 0.05) is 35.8 Å². The van der Waals surface area contributed by atoms with Crippen molar-refractivity contribution in [1.29, 1.82) is 0 Å². The van der Waals surface area contributed by atoms with Crippen LogP contribution in [-0.2, 0) is 13.1 Å². The molecule has 0 spiro atoms. The first-order valence-electron chi connectivity index (χ1n) is 7.98. The Morgan fingerprint density at radius 2 is 2.04 bits per heavy atom. The summed E-state index contributed by atoms with van der Waals surface area (Å²) in [4.78, 5) is 2.34. The Balaban J connectivity index is 1.87. The number of hydrogen-bond donors (Lipinski definition) is 0. The van der Waals surface area contributed by atoms with Crippen molar-refractivity contribution in [2.24, 2.45) is 0 Å². The second-order valence-electron chi connectivity index (χ2n) is 6.00. The number of ether oxygens (including phenoxy) is 3. The highest BCUT2D eigenvalue weighted by Crippen LogP contribution is 2.33. The Morgan fingerprint density at radius 1 is 1.21 bits per heavy atom. The van der Waals surface area contributed by atoms with E-state index in [9.17, 15) is 0 Å². The first-order valence-corrected chi connectivity index (χ1v) is 8.35. The van der Waals surface area contributed by atoms with Gasteiger partial charge >= 0.3 is 0 Å². The molecule has 128 valence electrons. The molecule has 0 saturated heterocycles. The summed E-state index contributed by atoms with van der Waals surface area (Å²) in [5, 5.41) is 0.728. The highest BCUT2D eigenvalue weighted by Gasteiger charge is 2.22. The fourth-order valence-corrected chi connectivity index (χ4v) is 3.34. The number of fused-ring (bicyclic) bond motifs is 1. The zero-order valence-electron chi connectivity index (χ0n) is 14.2. The maximum absolute atomic E-state index is 6.15. The molecule has 0 fully saturated rings. The number of methoxy groups -OCH3 is 2. The van der Waals surface area contributed by atoms with Crippen molar-refractivity contribution in [3.63, 3.8) is 0 Å². The van der Waals surface area contributed by atoms with Gasteiger partial charge in [0.1, 0.15) is 11.9 Å². The summed E-state index contributed by atoms with van der Waals surface area (Å²) >= 11 is 6.15. The lowest BCUT2D eigenvalue weighted by atomic mass is 10.1. The molecule has 4 nitrogen and oxygen atoms in total. The zero-order valence-corrected chi connectivity index (χ0v) is 15.0. The van der Waals surface area contributed by atoms with Crippen LogP contribution in [0.25, 0.3) is 0 Å². The van der Waals surface area contributed by atoms with Crippen molar-refractivity contribution < 1.29 is 14.2 Å². The third-order valence-corrected chi connectivity index (χ3v) is 4.37. The lowest BCUT2D eigenvalue weighted by Crippen LogP contribution is -2.30. The number of para-hydroxylation sites is 1. The van der Waals surface area contributed by atoms with Crippen molar-refractivity contribution >= 4 is 11.6 Å². The van der Waals surface area contributed by atoms with E-state index in [2.05, 4.69) is 17.9 Å². The van der Waals surface area contributed by atoms with Gasteiger partial charge in [-0.2, -0.15) is 0 Å². The topological polar surface area (TPSA) is 30.9 Å². The van der Waals surface area contributed by atoms with Gasteiger partial charge in [-0.15, -0.1) is 0 Å². The molecule has 3 rings (SSSR count). The Morgan fingerprint density at radius 3 is 2.79 bits per heavy atom. The predicted molar refractivity (Wildman–Crippen MR) is 95.2 cm³/mol. The maximum atomic E-state index is 6.15. The molecular weight excluding hydrogens is 326 g/mol. The van der Waals surface area contributed by atoms with Crippen LogP contribution in [0.1, 0.15) is 18.1 Å². The van der Waals surface area contributed by atoms with Gasteiger partial charge in [0.2, 0.25) is 0 Å². The van der Waals surface area contributed by atoms with Gasteiger partial charge in [-0.25, -0.2) is 0 Å². The monoisotopic (exact) mass is 347 g/mol. The highest BCUT2D eigenvalue weighted by atomic mass is 35.5. The Hall–Kier alpha value is -1.91.